The van der Waals surface area contributed by atoms with E-state index in [2.05, 4.69) is 0 Å². The molecule has 0 fully saturated rings. The van der Waals surface area contributed by atoms with Crippen LogP contribution in [0, 0.1) is 10.1 Å². The minimum atomic E-state index is -3.52. The summed E-state index contributed by atoms with van der Waals surface area (Å²) in [5.41, 5.74) is -0.133. The molecule has 0 bridgehead atoms. The Hall–Kier alpha value is -1.73. The lowest BCUT2D eigenvalue weighted by Crippen LogP contribution is -3.00. The molecule has 0 atom stereocenters. The second-order valence-electron chi connectivity index (χ2n) is 3.68. The van der Waals surface area contributed by atoms with Crippen molar-refractivity contribution >= 4 is 15.5 Å². The van der Waals surface area contributed by atoms with Gasteiger partial charge in [-0.3, -0.25) is 10.1 Å². The number of nitro groups is 1. The third kappa shape index (κ3) is 3.65. The SMILES string of the molecule is C[NH+](C)/C=C/S(=O)(=O)c1ccc([N+](=O)[O-])cc1. The minimum absolute atomic E-state index is 0.0422. The quantitative estimate of drug-likeness (QED) is 0.607. The van der Waals surface area contributed by atoms with E-state index < -0.39 is 14.8 Å². The molecule has 1 aromatic carbocycles. The average molecular weight is 257 g/mol. The maximum Gasteiger partial charge on any atom is 0.269 e. The lowest BCUT2D eigenvalue weighted by Gasteiger charge is -2.00. The average Bonchev–Trinajstić information content (AvgIpc) is 2.27. The van der Waals surface area contributed by atoms with Crippen molar-refractivity contribution in [2.45, 2.75) is 4.90 Å². The smallest absolute Gasteiger partial charge is 0.269 e. The summed E-state index contributed by atoms with van der Waals surface area (Å²) in [5, 5.41) is 11.5. The Labute approximate surface area is 99.2 Å². The normalized spacial score (nSPS) is 12.2. The molecular formula is C10H13N2O4S+. The van der Waals surface area contributed by atoms with Crippen LogP contribution < -0.4 is 4.90 Å². The molecular weight excluding hydrogens is 244 g/mol. The summed E-state index contributed by atoms with van der Waals surface area (Å²) in [4.78, 5) is 10.7. The molecule has 0 spiro atoms. The van der Waals surface area contributed by atoms with Crippen LogP contribution in [0.4, 0.5) is 5.69 Å². The van der Waals surface area contributed by atoms with E-state index in [9.17, 15) is 18.5 Å². The molecule has 0 aliphatic carbocycles. The highest BCUT2D eigenvalue weighted by atomic mass is 32.2. The standard InChI is InChI=1S/C10H12N2O4S/c1-11(2)7-8-17(15,16)10-5-3-9(4-6-10)12(13)14/h3-8H,1-2H3/p+1/b8-7+. The van der Waals surface area contributed by atoms with Gasteiger partial charge in [0.1, 0.15) is 6.20 Å². The predicted octanol–water partition coefficient (Wildman–Crippen LogP) is -0.0158. The zero-order valence-corrected chi connectivity index (χ0v) is 10.3. The Kier molecular flexibility index (Phi) is 3.97. The topological polar surface area (TPSA) is 81.7 Å². The molecule has 7 heteroatoms. The monoisotopic (exact) mass is 257 g/mol. The van der Waals surface area contributed by atoms with Crippen LogP contribution in [-0.4, -0.2) is 27.4 Å². The fourth-order valence-electron chi connectivity index (χ4n) is 1.06. The summed E-state index contributed by atoms with van der Waals surface area (Å²) in [6, 6.07) is 4.79. The summed E-state index contributed by atoms with van der Waals surface area (Å²) < 4.78 is 23.5. The third-order valence-electron chi connectivity index (χ3n) is 1.96. The highest BCUT2D eigenvalue weighted by Gasteiger charge is 2.13. The number of hydrogen-bond acceptors (Lipinski definition) is 4. The second kappa shape index (κ2) is 5.07. The highest BCUT2D eigenvalue weighted by Crippen LogP contribution is 2.17. The van der Waals surface area contributed by atoms with Crippen LogP contribution in [0.15, 0.2) is 40.8 Å². The first-order valence-corrected chi connectivity index (χ1v) is 6.35. The van der Waals surface area contributed by atoms with Crippen molar-refractivity contribution in [1.82, 2.24) is 0 Å². The van der Waals surface area contributed by atoms with Crippen molar-refractivity contribution in [3.8, 4) is 0 Å². The molecule has 0 unspecified atom stereocenters. The van der Waals surface area contributed by atoms with E-state index in [1.807, 2.05) is 0 Å². The van der Waals surface area contributed by atoms with Crippen molar-refractivity contribution < 1.29 is 18.2 Å². The van der Waals surface area contributed by atoms with E-state index in [-0.39, 0.29) is 10.6 Å². The van der Waals surface area contributed by atoms with Crippen LogP contribution in [0.25, 0.3) is 0 Å². The number of nitrogens with one attached hydrogen (secondary N) is 1. The van der Waals surface area contributed by atoms with Crippen LogP contribution >= 0.6 is 0 Å². The first-order chi connectivity index (χ1) is 7.83. The van der Waals surface area contributed by atoms with Crippen LogP contribution in [0.5, 0.6) is 0 Å². The van der Waals surface area contributed by atoms with Crippen molar-refractivity contribution in [2.24, 2.45) is 0 Å². The van der Waals surface area contributed by atoms with Crippen LogP contribution in [-0.2, 0) is 9.84 Å². The van der Waals surface area contributed by atoms with Crippen molar-refractivity contribution in [2.75, 3.05) is 14.1 Å². The fraction of sp³-hybridized carbons (Fsp3) is 0.200. The zero-order valence-electron chi connectivity index (χ0n) is 9.45. The van der Waals surface area contributed by atoms with Gasteiger partial charge in [0, 0.05) is 12.1 Å². The molecule has 0 aliphatic heterocycles. The maximum absolute atomic E-state index is 11.7. The van der Waals surface area contributed by atoms with Crippen molar-refractivity contribution in [3.05, 3.63) is 46.0 Å². The molecule has 92 valence electrons. The van der Waals surface area contributed by atoms with Crippen LogP contribution in [0.2, 0.25) is 0 Å². The fourth-order valence-corrected chi connectivity index (χ4v) is 2.19. The van der Waals surface area contributed by atoms with E-state index in [4.69, 9.17) is 0 Å². The van der Waals surface area contributed by atoms with E-state index in [0.29, 0.717) is 0 Å². The Morgan fingerprint density at radius 3 is 2.18 bits per heavy atom. The molecule has 0 aliphatic rings. The van der Waals surface area contributed by atoms with E-state index in [0.717, 1.165) is 10.3 Å². The van der Waals surface area contributed by atoms with Gasteiger partial charge < -0.3 is 4.90 Å². The summed E-state index contributed by atoms with van der Waals surface area (Å²) in [6.45, 7) is 0. The minimum Gasteiger partial charge on any atom is -0.313 e. The van der Waals surface area contributed by atoms with Gasteiger partial charge in [0.2, 0.25) is 9.84 Å². The number of hydrogen-bond donors (Lipinski definition) is 1. The Balaban J connectivity index is 3.05. The molecule has 17 heavy (non-hydrogen) atoms. The van der Waals surface area contributed by atoms with Crippen LogP contribution in [0.1, 0.15) is 0 Å². The number of sulfone groups is 1. The largest absolute Gasteiger partial charge is 0.313 e. The number of nitrogens with zero attached hydrogens (tertiary/aromatic N) is 1. The lowest BCUT2D eigenvalue weighted by atomic mass is 10.3. The summed E-state index contributed by atoms with van der Waals surface area (Å²) in [7, 11) is 0.0374. The molecule has 1 N–H and O–H groups in total. The van der Waals surface area contributed by atoms with Crippen molar-refractivity contribution in [3.63, 3.8) is 0 Å². The number of rotatable bonds is 4. The van der Waals surface area contributed by atoms with Gasteiger partial charge in [-0.15, -0.1) is 0 Å². The van der Waals surface area contributed by atoms with Crippen molar-refractivity contribution in [1.29, 1.82) is 0 Å². The molecule has 1 rings (SSSR count). The molecule has 1 aromatic rings. The Morgan fingerprint density at radius 1 is 1.24 bits per heavy atom. The predicted molar refractivity (Wildman–Crippen MR) is 62.2 cm³/mol. The van der Waals surface area contributed by atoms with Gasteiger partial charge in [0.15, 0.2) is 0 Å². The molecule has 0 saturated heterocycles. The third-order valence-corrected chi connectivity index (χ3v) is 3.38. The van der Waals surface area contributed by atoms with Gasteiger partial charge in [0.05, 0.1) is 29.3 Å². The summed E-state index contributed by atoms with van der Waals surface area (Å²) in [6.07, 6.45) is 1.48. The van der Waals surface area contributed by atoms with Gasteiger partial charge in [0.25, 0.3) is 5.69 Å². The Bertz CT molecular complexity index is 532. The number of non-ortho nitro benzene ring substituents is 1. The molecule has 0 amide bonds. The summed E-state index contributed by atoms with van der Waals surface area (Å²) in [5.74, 6) is 0. The second-order valence-corrected chi connectivity index (χ2v) is 5.51. The van der Waals surface area contributed by atoms with Gasteiger partial charge in [-0.25, -0.2) is 8.42 Å². The van der Waals surface area contributed by atoms with Gasteiger partial charge >= 0.3 is 0 Å². The summed E-state index contributed by atoms with van der Waals surface area (Å²) >= 11 is 0. The van der Waals surface area contributed by atoms with Crippen LogP contribution in [0.3, 0.4) is 0 Å². The first kappa shape index (κ1) is 13.3. The van der Waals surface area contributed by atoms with Gasteiger partial charge in [-0.1, -0.05) is 0 Å². The first-order valence-electron chi connectivity index (χ1n) is 4.81. The molecule has 0 aromatic heterocycles. The molecule has 6 nitrogen and oxygen atoms in total. The lowest BCUT2D eigenvalue weighted by molar-refractivity contribution is -0.801. The van der Waals surface area contributed by atoms with Gasteiger partial charge in [-0.05, 0) is 12.1 Å². The van der Waals surface area contributed by atoms with E-state index in [1.165, 1.54) is 30.5 Å². The molecule has 0 heterocycles. The number of quaternary nitrogens is 1. The van der Waals surface area contributed by atoms with E-state index >= 15 is 0 Å². The number of benzene rings is 1. The Morgan fingerprint density at radius 2 is 1.76 bits per heavy atom. The van der Waals surface area contributed by atoms with Gasteiger partial charge in [-0.2, -0.15) is 0 Å². The highest BCUT2D eigenvalue weighted by molar-refractivity contribution is 7.94. The zero-order chi connectivity index (χ0) is 13.1. The number of nitro benzene ring substituents is 1. The molecule has 0 saturated carbocycles. The van der Waals surface area contributed by atoms with E-state index in [1.54, 1.807) is 14.1 Å². The molecule has 0 radical (unpaired) electrons. The maximum atomic E-state index is 11.7.